The lowest BCUT2D eigenvalue weighted by molar-refractivity contribution is -0.119. The van der Waals surface area contributed by atoms with Gasteiger partial charge < -0.3 is 10.1 Å². The van der Waals surface area contributed by atoms with E-state index in [0.717, 1.165) is 16.7 Å². The molecule has 1 aromatic carbocycles. The first-order chi connectivity index (χ1) is 12.1. The van der Waals surface area contributed by atoms with E-state index in [1.54, 1.807) is 36.3 Å². The molecule has 0 bridgehead atoms. The van der Waals surface area contributed by atoms with Crippen molar-refractivity contribution in [3.8, 4) is 22.4 Å². The van der Waals surface area contributed by atoms with Crippen molar-refractivity contribution in [2.75, 3.05) is 19.0 Å². The Kier molecular flexibility index (Phi) is 4.85. The van der Waals surface area contributed by atoms with Gasteiger partial charge in [0.05, 0.1) is 5.56 Å². The molecule has 2 heterocycles. The van der Waals surface area contributed by atoms with Crippen molar-refractivity contribution in [3.05, 3.63) is 54.6 Å². The van der Waals surface area contributed by atoms with Gasteiger partial charge in [-0.25, -0.2) is 4.39 Å². The van der Waals surface area contributed by atoms with Crippen molar-refractivity contribution >= 4 is 11.7 Å². The van der Waals surface area contributed by atoms with Gasteiger partial charge in [0, 0.05) is 32.1 Å². The normalized spacial score (nSPS) is 10.7. The molecule has 0 fully saturated rings. The first-order valence-electron chi connectivity index (χ1n) is 7.62. The monoisotopic (exact) mass is 340 g/mol. The molecule has 3 rings (SSSR count). The molecule has 0 aliphatic carbocycles. The van der Waals surface area contributed by atoms with Crippen molar-refractivity contribution in [1.82, 2.24) is 14.8 Å². The number of methoxy groups -OCH3 is 1. The Morgan fingerprint density at radius 3 is 2.48 bits per heavy atom. The summed E-state index contributed by atoms with van der Waals surface area (Å²) in [7, 11) is 3.19. The van der Waals surface area contributed by atoms with Crippen LogP contribution in [0.5, 0.6) is 0 Å². The minimum absolute atomic E-state index is 0.0627. The van der Waals surface area contributed by atoms with Gasteiger partial charge in [-0.1, -0.05) is 0 Å². The molecule has 128 valence electrons. The maximum absolute atomic E-state index is 13.3. The van der Waals surface area contributed by atoms with Crippen molar-refractivity contribution in [1.29, 1.82) is 0 Å². The molecular formula is C18H17FN4O2. The summed E-state index contributed by atoms with van der Waals surface area (Å²) in [4.78, 5) is 16.0. The second-order valence-electron chi connectivity index (χ2n) is 5.42. The van der Waals surface area contributed by atoms with E-state index in [4.69, 9.17) is 4.74 Å². The molecule has 0 atom stereocenters. The van der Waals surface area contributed by atoms with Crippen LogP contribution in [-0.4, -0.2) is 34.4 Å². The average molecular weight is 340 g/mol. The summed E-state index contributed by atoms with van der Waals surface area (Å²) in [5, 5.41) is 7.34. The van der Waals surface area contributed by atoms with Gasteiger partial charge in [0.2, 0.25) is 0 Å². The number of anilines is 1. The van der Waals surface area contributed by atoms with Crippen molar-refractivity contribution in [2.45, 2.75) is 0 Å². The lowest BCUT2D eigenvalue weighted by Crippen LogP contribution is -2.19. The number of nitrogens with zero attached hydrogens (tertiary/aromatic N) is 3. The summed E-state index contributed by atoms with van der Waals surface area (Å²) in [6.45, 7) is -0.0627. The van der Waals surface area contributed by atoms with E-state index in [0.29, 0.717) is 11.5 Å². The number of aryl methyl sites for hydroxylation is 1. The molecule has 1 amide bonds. The molecule has 1 N–H and O–H groups in total. The van der Waals surface area contributed by atoms with E-state index in [1.807, 2.05) is 12.1 Å². The van der Waals surface area contributed by atoms with Gasteiger partial charge in [-0.2, -0.15) is 5.10 Å². The second kappa shape index (κ2) is 7.23. The smallest absolute Gasteiger partial charge is 0.251 e. The number of rotatable bonds is 5. The highest BCUT2D eigenvalue weighted by atomic mass is 19.1. The lowest BCUT2D eigenvalue weighted by atomic mass is 10.0. The van der Waals surface area contributed by atoms with Gasteiger partial charge in [0.15, 0.2) is 0 Å². The Labute approximate surface area is 144 Å². The van der Waals surface area contributed by atoms with E-state index in [9.17, 15) is 9.18 Å². The second-order valence-corrected chi connectivity index (χ2v) is 5.42. The maximum Gasteiger partial charge on any atom is 0.251 e. The number of aromatic nitrogens is 3. The van der Waals surface area contributed by atoms with Crippen molar-refractivity contribution in [3.63, 3.8) is 0 Å². The number of carbonyl (C=O) groups is 1. The highest BCUT2D eigenvalue weighted by Crippen LogP contribution is 2.37. The number of ether oxygens (including phenoxy) is 1. The van der Waals surface area contributed by atoms with Crippen LogP contribution >= 0.6 is 0 Å². The summed E-state index contributed by atoms with van der Waals surface area (Å²) in [5.41, 5.74) is 2.97. The van der Waals surface area contributed by atoms with E-state index < -0.39 is 0 Å². The van der Waals surface area contributed by atoms with E-state index in [-0.39, 0.29) is 18.3 Å². The molecule has 2 aromatic heterocycles. The van der Waals surface area contributed by atoms with Gasteiger partial charge >= 0.3 is 0 Å². The number of pyridine rings is 1. The van der Waals surface area contributed by atoms with Gasteiger partial charge in [0.25, 0.3) is 5.91 Å². The highest BCUT2D eigenvalue weighted by Gasteiger charge is 2.21. The summed E-state index contributed by atoms with van der Waals surface area (Å²) in [6, 6.07) is 9.73. The zero-order chi connectivity index (χ0) is 17.8. The van der Waals surface area contributed by atoms with E-state index in [2.05, 4.69) is 15.4 Å². The predicted molar refractivity (Wildman–Crippen MR) is 92.3 cm³/mol. The number of hydrogen-bond donors (Lipinski definition) is 1. The van der Waals surface area contributed by atoms with Crippen LogP contribution in [-0.2, 0) is 16.6 Å². The molecule has 0 spiro atoms. The number of nitrogens with one attached hydrogen (secondary N) is 1. The third-order valence-corrected chi connectivity index (χ3v) is 3.67. The van der Waals surface area contributed by atoms with Crippen LogP contribution in [0.2, 0.25) is 0 Å². The fourth-order valence-corrected chi connectivity index (χ4v) is 2.57. The predicted octanol–water partition coefficient (Wildman–Crippen LogP) is 2.87. The fraction of sp³-hybridized carbons (Fsp3) is 0.167. The molecule has 0 unspecified atom stereocenters. The Hall–Kier alpha value is -3.06. The molecule has 0 radical (unpaired) electrons. The van der Waals surface area contributed by atoms with Crippen molar-refractivity contribution < 1.29 is 13.9 Å². The zero-order valence-corrected chi connectivity index (χ0v) is 13.9. The first kappa shape index (κ1) is 16.8. The topological polar surface area (TPSA) is 69.0 Å². The van der Waals surface area contributed by atoms with Gasteiger partial charge in [-0.15, -0.1) is 0 Å². The number of halogens is 1. The summed E-state index contributed by atoms with van der Waals surface area (Å²) >= 11 is 0. The Morgan fingerprint density at radius 2 is 1.84 bits per heavy atom. The molecule has 6 nitrogen and oxygen atoms in total. The van der Waals surface area contributed by atoms with Crippen LogP contribution in [0.4, 0.5) is 10.2 Å². The van der Waals surface area contributed by atoms with Gasteiger partial charge in [-0.3, -0.25) is 14.5 Å². The van der Waals surface area contributed by atoms with Crippen LogP contribution in [0.3, 0.4) is 0 Å². The Bertz CT molecular complexity index is 876. The molecule has 25 heavy (non-hydrogen) atoms. The fourth-order valence-electron chi connectivity index (χ4n) is 2.57. The summed E-state index contributed by atoms with van der Waals surface area (Å²) < 4.78 is 19.7. The zero-order valence-electron chi connectivity index (χ0n) is 13.9. The largest absolute Gasteiger partial charge is 0.375 e. The number of hydrogen-bond acceptors (Lipinski definition) is 4. The standard InChI is InChI=1S/C18H17FN4O2/c1-23-18(21-15(24)11-25-2)16(12-7-9-20-10-8-12)17(22-23)13-3-5-14(19)6-4-13/h3-10H,11H2,1-2H3,(H,21,24). The SMILES string of the molecule is COCC(=O)Nc1c(-c2ccncc2)c(-c2ccc(F)cc2)nn1C. The van der Waals surface area contributed by atoms with Gasteiger partial charge in [-0.05, 0) is 42.0 Å². The van der Waals surface area contributed by atoms with Crippen LogP contribution in [0.15, 0.2) is 48.8 Å². The minimum atomic E-state index is -0.321. The molecule has 0 saturated carbocycles. The molecule has 0 aliphatic rings. The average Bonchev–Trinajstić information content (AvgIpc) is 2.93. The third kappa shape index (κ3) is 3.56. The van der Waals surface area contributed by atoms with E-state index >= 15 is 0 Å². The number of amides is 1. The molecular weight excluding hydrogens is 323 g/mol. The maximum atomic E-state index is 13.3. The third-order valence-electron chi connectivity index (χ3n) is 3.67. The lowest BCUT2D eigenvalue weighted by Gasteiger charge is -2.09. The number of carbonyl (C=O) groups excluding carboxylic acids is 1. The van der Waals surface area contributed by atoms with Crippen LogP contribution in [0.25, 0.3) is 22.4 Å². The van der Waals surface area contributed by atoms with Crippen LogP contribution in [0.1, 0.15) is 0 Å². The molecule has 3 aromatic rings. The van der Waals surface area contributed by atoms with Crippen molar-refractivity contribution in [2.24, 2.45) is 7.05 Å². The van der Waals surface area contributed by atoms with Crippen LogP contribution < -0.4 is 5.32 Å². The first-order valence-corrected chi connectivity index (χ1v) is 7.62. The minimum Gasteiger partial charge on any atom is -0.375 e. The molecule has 0 aliphatic heterocycles. The summed E-state index contributed by atoms with van der Waals surface area (Å²) in [6.07, 6.45) is 3.33. The quantitative estimate of drug-likeness (QED) is 0.775. The molecule has 7 heteroatoms. The Morgan fingerprint density at radius 1 is 1.16 bits per heavy atom. The molecule has 0 saturated heterocycles. The highest BCUT2D eigenvalue weighted by molar-refractivity contribution is 5.98. The van der Waals surface area contributed by atoms with E-state index in [1.165, 1.54) is 19.2 Å². The number of benzene rings is 1. The summed E-state index contributed by atoms with van der Waals surface area (Å²) in [5.74, 6) is -0.0715. The van der Waals surface area contributed by atoms with Gasteiger partial charge in [0.1, 0.15) is 23.9 Å². The Balaban J connectivity index is 2.15. The van der Waals surface area contributed by atoms with Crippen LogP contribution in [0, 0.1) is 5.82 Å².